The number of rotatable bonds is 14. The number of carbonyl (C=O) groups is 2. The molecule has 7 nitrogen and oxygen atoms in total. The normalized spacial score (nSPS) is 16.6. The van der Waals surface area contributed by atoms with Crippen molar-refractivity contribution >= 4 is 11.8 Å². The zero-order chi connectivity index (χ0) is 28.4. The molecule has 214 valence electrons. The summed E-state index contributed by atoms with van der Waals surface area (Å²) in [5, 5.41) is 17.0. The highest BCUT2D eigenvalue weighted by Crippen LogP contribution is 2.16. The van der Waals surface area contributed by atoms with E-state index >= 15 is 0 Å². The molecule has 1 aliphatic heterocycles. The fourth-order valence-electron chi connectivity index (χ4n) is 4.93. The Labute approximate surface area is 229 Å². The van der Waals surface area contributed by atoms with Gasteiger partial charge in [0.2, 0.25) is 0 Å². The molecule has 0 unspecified atom stereocenters. The third-order valence-electron chi connectivity index (χ3n) is 6.77. The molecule has 3 rings (SSSR count). The summed E-state index contributed by atoms with van der Waals surface area (Å²) in [6, 6.07) is 7.31. The van der Waals surface area contributed by atoms with Crippen LogP contribution in [0.4, 0.5) is 8.78 Å². The fourth-order valence-corrected chi connectivity index (χ4v) is 4.93. The van der Waals surface area contributed by atoms with Gasteiger partial charge in [0.05, 0.1) is 18.2 Å². The van der Waals surface area contributed by atoms with Crippen LogP contribution in [0.1, 0.15) is 71.4 Å². The van der Waals surface area contributed by atoms with Gasteiger partial charge < -0.3 is 25.4 Å². The quantitative estimate of drug-likeness (QED) is 0.334. The monoisotopic (exact) mass is 545 g/mol. The number of hydrogen-bond acceptors (Lipinski definition) is 5. The molecule has 39 heavy (non-hydrogen) atoms. The number of ether oxygens (including phenoxy) is 1. The van der Waals surface area contributed by atoms with Crippen molar-refractivity contribution in [3.63, 3.8) is 0 Å². The van der Waals surface area contributed by atoms with E-state index in [4.69, 9.17) is 4.74 Å². The largest absolute Gasteiger partial charge is 0.390 e. The Morgan fingerprint density at radius 1 is 1.05 bits per heavy atom. The molecule has 2 amide bonds. The molecular weight excluding hydrogens is 504 g/mol. The molecule has 2 aromatic carbocycles. The predicted octanol–water partition coefficient (Wildman–Crippen LogP) is 4.01. The van der Waals surface area contributed by atoms with E-state index in [2.05, 4.69) is 10.6 Å². The predicted molar refractivity (Wildman–Crippen MR) is 147 cm³/mol. The maximum Gasteiger partial charge on any atom is 0.253 e. The van der Waals surface area contributed by atoms with Crippen molar-refractivity contribution in [3.05, 3.63) is 70.3 Å². The summed E-state index contributed by atoms with van der Waals surface area (Å²) < 4.78 is 33.3. The molecule has 0 aromatic heterocycles. The first-order chi connectivity index (χ1) is 18.7. The molecule has 0 radical (unpaired) electrons. The molecule has 1 fully saturated rings. The number of halogens is 2. The van der Waals surface area contributed by atoms with E-state index in [1.165, 1.54) is 12.1 Å². The number of aryl methyl sites for hydroxylation is 1. The lowest BCUT2D eigenvalue weighted by Crippen LogP contribution is -2.49. The number of nitrogens with one attached hydrogen (secondary N) is 2. The van der Waals surface area contributed by atoms with E-state index in [1.54, 1.807) is 23.1 Å². The zero-order valence-electron chi connectivity index (χ0n) is 23.1. The molecule has 0 aliphatic carbocycles. The molecule has 1 heterocycles. The lowest BCUT2D eigenvalue weighted by atomic mass is 9.99. The third kappa shape index (κ3) is 9.37. The summed E-state index contributed by atoms with van der Waals surface area (Å²) in [5.74, 6) is -2.08. The minimum Gasteiger partial charge on any atom is -0.390 e. The molecular formula is C30H41F2N3O4. The van der Waals surface area contributed by atoms with Gasteiger partial charge in [-0.05, 0) is 80.5 Å². The van der Waals surface area contributed by atoms with Crippen LogP contribution >= 0.6 is 0 Å². The van der Waals surface area contributed by atoms with Gasteiger partial charge in [0, 0.05) is 50.0 Å². The van der Waals surface area contributed by atoms with E-state index in [1.807, 2.05) is 20.8 Å². The van der Waals surface area contributed by atoms with Gasteiger partial charge >= 0.3 is 0 Å². The van der Waals surface area contributed by atoms with E-state index < -0.39 is 29.7 Å². The summed E-state index contributed by atoms with van der Waals surface area (Å²) in [5.41, 5.74) is 1.76. The Kier molecular flexibility index (Phi) is 11.8. The van der Waals surface area contributed by atoms with Crippen molar-refractivity contribution in [2.75, 3.05) is 32.8 Å². The summed E-state index contributed by atoms with van der Waals surface area (Å²) in [4.78, 5) is 28.3. The van der Waals surface area contributed by atoms with Gasteiger partial charge in [-0.15, -0.1) is 0 Å². The highest BCUT2D eigenvalue weighted by atomic mass is 19.1. The smallest absolute Gasteiger partial charge is 0.253 e. The molecule has 9 heteroatoms. The van der Waals surface area contributed by atoms with Crippen LogP contribution in [0.3, 0.4) is 0 Å². The van der Waals surface area contributed by atoms with E-state index in [9.17, 15) is 23.5 Å². The number of aliphatic hydroxyl groups excluding tert-OH is 1. The van der Waals surface area contributed by atoms with Crippen molar-refractivity contribution in [1.29, 1.82) is 0 Å². The lowest BCUT2D eigenvalue weighted by Gasteiger charge is -2.26. The molecule has 2 aromatic rings. The number of hydrogen-bond donors (Lipinski definition) is 3. The van der Waals surface area contributed by atoms with Gasteiger partial charge in [0.25, 0.3) is 11.8 Å². The first-order valence-electron chi connectivity index (χ1n) is 13.9. The SMILES string of the molecule is CCCN(CCC)C(=O)c1cc(C)cc(C(=O)N[C@@H](Cc2cc(F)cc(F)c2)[C@H](O)CNC[C@@H]2CCCO2)c1. The fraction of sp³-hybridized carbons (Fsp3) is 0.533. The van der Waals surface area contributed by atoms with Crippen LogP contribution in [-0.2, 0) is 11.2 Å². The van der Waals surface area contributed by atoms with Crippen LogP contribution in [0.5, 0.6) is 0 Å². The van der Waals surface area contributed by atoms with Gasteiger partial charge in [0.15, 0.2) is 0 Å². The average molecular weight is 546 g/mol. The van der Waals surface area contributed by atoms with Crippen LogP contribution < -0.4 is 10.6 Å². The highest BCUT2D eigenvalue weighted by Gasteiger charge is 2.25. The summed E-state index contributed by atoms with van der Waals surface area (Å²) in [7, 11) is 0. The van der Waals surface area contributed by atoms with Crippen molar-refractivity contribution < 1.29 is 28.2 Å². The first-order valence-corrected chi connectivity index (χ1v) is 13.9. The second-order valence-corrected chi connectivity index (χ2v) is 10.3. The first kappa shape index (κ1) is 30.7. The number of carbonyl (C=O) groups excluding carboxylic acids is 2. The van der Waals surface area contributed by atoms with Crippen molar-refractivity contribution in [2.45, 2.75) is 71.1 Å². The Hall–Kier alpha value is -2.88. The summed E-state index contributed by atoms with van der Waals surface area (Å²) >= 11 is 0. The maximum atomic E-state index is 13.9. The summed E-state index contributed by atoms with van der Waals surface area (Å²) in [6.07, 6.45) is 2.63. The van der Waals surface area contributed by atoms with Crippen LogP contribution in [0.2, 0.25) is 0 Å². The Morgan fingerprint density at radius 3 is 2.33 bits per heavy atom. The van der Waals surface area contributed by atoms with E-state index in [-0.39, 0.29) is 30.5 Å². The summed E-state index contributed by atoms with van der Waals surface area (Å²) in [6.45, 7) is 8.51. The Balaban J connectivity index is 1.78. The van der Waals surface area contributed by atoms with Gasteiger partial charge in [-0.3, -0.25) is 9.59 Å². The van der Waals surface area contributed by atoms with Gasteiger partial charge in [-0.2, -0.15) is 0 Å². The zero-order valence-corrected chi connectivity index (χ0v) is 23.1. The van der Waals surface area contributed by atoms with Crippen molar-refractivity contribution in [2.24, 2.45) is 0 Å². The second kappa shape index (κ2) is 15.1. The van der Waals surface area contributed by atoms with Gasteiger partial charge in [-0.25, -0.2) is 8.78 Å². The number of aliphatic hydroxyl groups is 1. The third-order valence-corrected chi connectivity index (χ3v) is 6.77. The standard InChI is InChI=1S/C30H41F2N3O4/c1-4-8-35(9-5-2)30(38)23-12-20(3)11-22(16-23)29(37)34-27(15-21-13-24(31)17-25(32)14-21)28(36)19-33-18-26-7-6-10-39-26/h11-14,16-17,26-28,33,36H,4-10,15,18-19H2,1-3H3,(H,34,37)/t26-,27-,28+/m0/s1. The van der Waals surface area contributed by atoms with Gasteiger partial charge in [-0.1, -0.05) is 13.8 Å². The average Bonchev–Trinajstić information content (AvgIpc) is 3.40. The van der Waals surface area contributed by atoms with E-state index in [0.29, 0.717) is 37.4 Å². The second-order valence-electron chi connectivity index (χ2n) is 10.3. The highest BCUT2D eigenvalue weighted by molar-refractivity contribution is 6.00. The molecule has 1 saturated heterocycles. The minimum absolute atomic E-state index is 0.0155. The molecule has 3 atom stereocenters. The van der Waals surface area contributed by atoms with Crippen molar-refractivity contribution in [3.8, 4) is 0 Å². The molecule has 1 aliphatic rings. The van der Waals surface area contributed by atoms with Crippen LogP contribution in [0.25, 0.3) is 0 Å². The number of nitrogens with zero attached hydrogens (tertiary/aromatic N) is 1. The van der Waals surface area contributed by atoms with Gasteiger partial charge in [0.1, 0.15) is 11.6 Å². The van der Waals surface area contributed by atoms with Crippen LogP contribution in [-0.4, -0.2) is 72.9 Å². The topological polar surface area (TPSA) is 90.9 Å². The Bertz CT molecular complexity index is 1080. The number of benzene rings is 2. The Morgan fingerprint density at radius 2 is 1.72 bits per heavy atom. The van der Waals surface area contributed by atoms with Crippen molar-refractivity contribution in [1.82, 2.24) is 15.5 Å². The van der Waals surface area contributed by atoms with Crippen LogP contribution in [0.15, 0.2) is 36.4 Å². The van der Waals surface area contributed by atoms with E-state index in [0.717, 1.165) is 37.3 Å². The number of amides is 2. The van der Waals surface area contributed by atoms with Crippen LogP contribution in [0, 0.1) is 18.6 Å². The molecule has 3 N–H and O–H groups in total. The minimum atomic E-state index is -1.04. The maximum absolute atomic E-state index is 13.9. The lowest BCUT2D eigenvalue weighted by molar-refractivity contribution is 0.0755. The molecule has 0 bridgehead atoms. The molecule has 0 saturated carbocycles. The molecule has 0 spiro atoms.